The van der Waals surface area contributed by atoms with Gasteiger partial charge in [0.2, 0.25) is 6.71 Å². The number of anilines is 3. The second-order valence-corrected chi connectivity index (χ2v) is 16.3. The largest absolute Gasteiger partial charge is 0.311 e. The van der Waals surface area contributed by atoms with Gasteiger partial charge in [-0.15, -0.1) is 11.3 Å². The van der Waals surface area contributed by atoms with E-state index in [9.17, 15) is 0 Å². The Bertz CT molecular complexity index is 3180. The molecule has 0 N–H and O–H groups in total. The Kier molecular flexibility index (Phi) is 7.76. The van der Waals surface area contributed by atoms with Gasteiger partial charge in [0.05, 0.1) is 22.4 Å². The number of aromatic nitrogens is 3. The molecule has 1 aliphatic rings. The molecular weight excluding hydrogens is 711 g/mol. The average molecular weight is 749 g/mol. The number of nitrogens with zero attached hydrogens (tertiary/aromatic N) is 4. The van der Waals surface area contributed by atoms with Crippen LogP contribution in [0.4, 0.5) is 17.1 Å². The minimum atomic E-state index is -0.0372. The van der Waals surface area contributed by atoms with Crippen molar-refractivity contribution in [2.24, 2.45) is 0 Å². The molecule has 0 saturated heterocycles. The summed E-state index contributed by atoms with van der Waals surface area (Å²) in [6.07, 6.45) is 1.87. The summed E-state index contributed by atoms with van der Waals surface area (Å²) < 4.78 is 4.97. The van der Waals surface area contributed by atoms with Crippen molar-refractivity contribution in [1.29, 1.82) is 0 Å². The second kappa shape index (κ2) is 13.2. The predicted octanol–water partition coefficient (Wildman–Crippen LogP) is 11.3. The lowest BCUT2D eigenvalue weighted by Gasteiger charge is -2.37. The third-order valence-electron chi connectivity index (χ3n) is 11.5. The third-order valence-corrected chi connectivity index (χ3v) is 12.7. The van der Waals surface area contributed by atoms with E-state index in [1.54, 1.807) is 0 Å². The Morgan fingerprint density at radius 3 is 2.21 bits per heavy atom. The molecule has 0 unspecified atom stereocenters. The molecule has 0 amide bonds. The van der Waals surface area contributed by atoms with Crippen molar-refractivity contribution >= 4 is 82.7 Å². The highest BCUT2D eigenvalue weighted by Gasteiger charge is 2.36. The van der Waals surface area contributed by atoms with Gasteiger partial charge in [-0.25, -0.2) is 4.98 Å². The molecule has 0 saturated carbocycles. The molecule has 0 fully saturated rings. The minimum absolute atomic E-state index is 0.0372. The van der Waals surface area contributed by atoms with Crippen molar-refractivity contribution in [3.8, 4) is 28.3 Å². The normalized spacial score (nSPS) is 12.4. The van der Waals surface area contributed by atoms with Crippen LogP contribution in [0.25, 0.3) is 59.5 Å². The molecular formula is C51H37BN4S. The maximum Gasteiger partial charge on any atom is 0.246 e. The van der Waals surface area contributed by atoms with E-state index in [1.165, 1.54) is 64.6 Å². The van der Waals surface area contributed by atoms with E-state index in [0.29, 0.717) is 0 Å². The summed E-state index contributed by atoms with van der Waals surface area (Å²) in [6.45, 7) is 6.57. The first-order chi connectivity index (χ1) is 28.0. The van der Waals surface area contributed by atoms with Gasteiger partial charge in [-0.2, -0.15) is 0 Å². The number of thiophene rings is 1. The summed E-state index contributed by atoms with van der Waals surface area (Å²) in [5.41, 5.74) is 17.4. The molecule has 0 spiro atoms. The van der Waals surface area contributed by atoms with Crippen molar-refractivity contribution in [1.82, 2.24) is 14.5 Å². The van der Waals surface area contributed by atoms with Crippen LogP contribution >= 0.6 is 11.3 Å². The van der Waals surface area contributed by atoms with Crippen LogP contribution < -0.4 is 21.3 Å². The van der Waals surface area contributed by atoms with E-state index in [2.05, 4.69) is 188 Å². The van der Waals surface area contributed by atoms with Crippen LogP contribution in [0.3, 0.4) is 0 Å². The van der Waals surface area contributed by atoms with E-state index < -0.39 is 0 Å². The quantitative estimate of drug-likeness (QED) is 0.164. The van der Waals surface area contributed by atoms with Gasteiger partial charge < -0.3 is 4.90 Å². The summed E-state index contributed by atoms with van der Waals surface area (Å²) >= 11 is 1.86. The Morgan fingerprint density at radius 1 is 0.561 bits per heavy atom. The number of fused-ring (bicyclic) bond motifs is 6. The van der Waals surface area contributed by atoms with Gasteiger partial charge in [0.1, 0.15) is 5.82 Å². The third kappa shape index (κ3) is 5.43. The van der Waals surface area contributed by atoms with Crippen molar-refractivity contribution in [3.63, 3.8) is 0 Å². The number of para-hydroxylation sites is 3. The van der Waals surface area contributed by atoms with Crippen molar-refractivity contribution in [3.05, 3.63) is 187 Å². The summed E-state index contributed by atoms with van der Waals surface area (Å²) in [5.74, 6) is 0.937. The van der Waals surface area contributed by atoms with Gasteiger partial charge in [0, 0.05) is 49.0 Å². The van der Waals surface area contributed by atoms with E-state index in [0.717, 1.165) is 45.1 Å². The molecule has 10 aromatic rings. The monoisotopic (exact) mass is 748 g/mol. The van der Waals surface area contributed by atoms with Crippen LogP contribution in [0.2, 0.25) is 0 Å². The molecule has 57 heavy (non-hydrogen) atoms. The Labute approximate surface area is 336 Å². The maximum atomic E-state index is 5.38. The first kappa shape index (κ1) is 33.6. The zero-order valence-corrected chi connectivity index (χ0v) is 32.8. The Hall–Kier alpha value is -6.76. The van der Waals surface area contributed by atoms with E-state index >= 15 is 0 Å². The number of rotatable bonds is 5. The molecule has 7 aromatic carbocycles. The van der Waals surface area contributed by atoms with E-state index in [-0.39, 0.29) is 6.71 Å². The van der Waals surface area contributed by atoms with Crippen LogP contribution in [0.5, 0.6) is 0 Å². The second-order valence-electron chi connectivity index (χ2n) is 15.2. The lowest BCUT2D eigenvalue weighted by atomic mass is 9.35. The minimum Gasteiger partial charge on any atom is -0.311 e. The SMILES string of the molecule is Cc1cc(C)c(-n2c(-c3ccc4c(c3)B(c3cccc(-c5ccccn5)c3)c3ccccc3N4c3ccc4c(c3)sc3ccccc34)nc3ccccc32)c(C)c1. The maximum absolute atomic E-state index is 5.38. The van der Waals surface area contributed by atoms with Crippen molar-refractivity contribution in [2.45, 2.75) is 20.8 Å². The molecule has 0 aliphatic carbocycles. The first-order valence-electron chi connectivity index (χ1n) is 19.5. The fraction of sp³-hybridized carbons (Fsp3) is 0.0588. The molecule has 4 nitrogen and oxygen atoms in total. The molecule has 4 heterocycles. The molecule has 270 valence electrons. The molecule has 1 aliphatic heterocycles. The number of hydrogen-bond donors (Lipinski definition) is 0. The molecule has 0 bridgehead atoms. The van der Waals surface area contributed by atoms with Gasteiger partial charge >= 0.3 is 0 Å². The van der Waals surface area contributed by atoms with Gasteiger partial charge in [-0.3, -0.25) is 9.55 Å². The zero-order chi connectivity index (χ0) is 38.2. The van der Waals surface area contributed by atoms with Crippen molar-refractivity contribution in [2.75, 3.05) is 4.90 Å². The summed E-state index contributed by atoms with van der Waals surface area (Å²) in [6, 6.07) is 59.8. The highest BCUT2D eigenvalue weighted by Crippen LogP contribution is 2.42. The molecule has 3 aromatic heterocycles. The highest BCUT2D eigenvalue weighted by molar-refractivity contribution is 7.25. The summed E-state index contributed by atoms with van der Waals surface area (Å²) in [4.78, 5) is 12.6. The van der Waals surface area contributed by atoms with Crippen LogP contribution in [0, 0.1) is 20.8 Å². The zero-order valence-electron chi connectivity index (χ0n) is 31.9. The van der Waals surface area contributed by atoms with Crippen LogP contribution in [-0.4, -0.2) is 21.2 Å². The number of benzene rings is 7. The number of imidazole rings is 1. The number of pyridine rings is 1. The lowest BCUT2D eigenvalue weighted by Crippen LogP contribution is -2.57. The molecule has 0 atom stereocenters. The average Bonchev–Trinajstić information content (AvgIpc) is 3.81. The van der Waals surface area contributed by atoms with Crippen LogP contribution in [0.15, 0.2) is 170 Å². The van der Waals surface area contributed by atoms with Crippen LogP contribution in [-0.2, 0) is 0 Å². The summed E-state index contributed by atoms with van der Waals surface area (Å²) in [5, 5.41) is 2.60. The van der Waals surface area contributed by atoms with Gasteiger partial charge in [0.15, 0.2) is 0 Å². The highest BCUT2D eigenvalue weighted by atomic mass is 32.1. The Morgan fingerprint density at radius 2 is 1.33 bits per heavy atom. The Balaban J connectivity index is 1.17. The fourth-order valence-corrected chi connectivity index (χ4v) is 10.4. The van der Waals surface area contributed by atoms with Gasteiger partial charge in [0.25, 0.3) is 0 Å². The van der Waals surface area contributed by atoms with E-state index in [4.69, 9.17) is 9.97 Å². The lowest BCUT2D eigenvalue weighted by molar-refractivity contribution is 1.06. The van der Waals surface area contributed by atoms with E-state index in [1.807, 2.05) is 23.6 Å². The fourth-order valence-electron chi connectivity index (χ4n) is 9.23. The van der Waals surface area contributed by atoms with Gasteiger partial charge in [-0.05, 0) is 109 Å². The first-order valence-corrected chi connectivity index (χ1v) is 20.3. The standard InChI is InChI=1S/C51H37BN4S/c1-32-27-33(2)50(34(3)28-32)56-47-20-8-6-18-44(47)54-51(56)36-22-25-46-42(30-36)52(37-14-12-13-35(29-37)43-17-10-11-26-53-43)41-16-5-7-19-45(41)55(46)38-23-24-40-39-15-4-9-21-48(39)57-49(40)31-38/h4-31H,1-3H3. The number of hydrogen-bond acceptors (Lipinski definition) is 4. The molecule has 0 radical (unpaired) electrons. The molecule has 6 heteroatoms. The van der Waals surface area contributed by atoms with Crippen molar-refractivity contribution < 1.29 is 0 Å². The topological polar surface area (TPSA) is 34.0 Å². The summed E-state index contributed by atoms with van der Waals surface area (Å²) in [7, 11) is 0. The molecule has 11 rings (SSSR count). The smallest absolute Gasteiger partial charge is 0.246 e. The predicted molar refractivity (Wildman–Crippen MR) is 243 cm³/mol. The van der Waals surface area contributed by atoms with Crippen LogP contribution in [0.1, 0.15) is 16.7 Å². The number of aryl methyl sites for hydroxylation is 3. The van der Waals surface area contributed by atoms with Gasteiger partial charge in [-0.1, -0.05) is 114 Å².